The van der Waals surface area contributed by atoms with Crippen LogP contribution >= 0.6 is 34.4 Å². The topological polar surface area (TPSA) is 72.7 Å². The number of nitrogens with zero attached hydrogens (tertiary/aromatic N) is 4. The van der Waals surface area contributed by atoms with E-state index in [2.05, 4.69) is 58.1 Å². The lowest BCUT2D eigenvalue weighted by Crippen LogP contribution is -2.14. The van der Waals surface area contributed by atoms with E-state index in [0.717, 1.165) is 39.9 Å². The third-order valence-corrected chi connectivity index (χ3v) is 8.04. The number of nitrogens with one attached hydrogen (secondary N) is 1. The van der Waals surface area contributed by atoms with Crippen LogP contribution < -0.4 is 5.32 Å². The van der Waals surface area contributed by atoms with Crippen LogP contribution in [0.25, 0.3) is 20.8 Å². The molecule has 0 spiro atoms. The smallest absolute Gasteiger partial charge is 0.234 e. The van der Waals surface area contributed by atoms with Crippen molar-refractivity contribution in [1.82, 2.24) is 19.7 Å². The van der Waals surface area contributed by atoms with Crippen LogP contribution in [0.5, 0.6) is 0 Å². The first kappa shape index (κ1) is 21.8. The zero-order valence-corrected chi connectivity index (χ0v) is 20.3. The number of amides is 1. The highest BCUT2D eigenvalue weighted by Gasteiger charge is 2.11. The second-order valence-electron chi connectivity index (χ2n) is 7.54. The van der Waals surface area contributed by atoms with E-state index in [4.69, 9.17) is 4.98 Å². The predicted molar refractivity (Wildman–Crippen MR) is 137 cm³/mol. The van der Waals surface area contributed by atoms with Crippen LogP contribution in [0.3, 0.4) is 0 Å². The number of benzene rings is 2. The molecule has 3 heterocycles. The molecule has 2 aromatic carbocycles. The number of thiazole rings is 1. The molecule has 166 valence electrons. The third kappa shape index (κ3) is 5.32. The number of carbonyl (C=O) groups is 1. The molecule has 1 amide bonds. The van der Waals surface area contributed by atoms with Gasteiger partial charge in [-0.2, -0.15) is 0 Å². The molecule has 5 aromatic rings. The molecular formula is C24H21N5OS3. The van der Waals surface area contributed by atoms with Crippen LogP contribution in [0, 0.1) is 6.92 Å². The molecule has 0 aliphatic carbocycles. The van der Waals surface area contributed by atoms with E-state index < -0.39 is 0 Å². The largest absolute Gasteiger partial charge is 0.325 e. The average molecular weight is 492 g/mol. The number of hydrogen-bond donors (Lipinski definition) is 1. The van der Waals surface area contributed by atoms with Crippen LogP contribution in [0.2, 0.25) is 0 Å². The van der Waals surface area contributed by atoms with Crippen molar-refractivity contribution in [2.45, 2.75) is 25.0 Å². The number of anilines is 1. The summed E-state index contributed by atoms with van der Waals surface area (Å²) >= 11 is 4.82. The summed E-state index contributed by atoms with van der Waals surface area (Å²) in [6, 6.07) is 18.3. The molecule has 0 saturated carbocycles. The average Bonchev–Trinajstić information content (AvgIpc) is 3.57. The second-order valence-corrected chi connectivity index (χ2v) is 10.5. The van der Waals surface area contributed by atoms with Gasteiger partial charge in [0, 0.05) is 22.7 Å². The number of fused-ring (bicyclic) bond motifs is 1. The maximum Gasteiger partial charge on any atom is 0.234 e. The fraction of sp³-hybridized carbons (Fsp3) is 0.167. The van der Waals surface area contributed by atoms with Crippen molar-refractivity contribution in [2.24, 2.45) is 0 Å². The molecule has 0 unspecified atom stereocenters. The molecule has 33 heavy (non-hydrogen) atoms. The fourth-order valence-corrected chi connectivity index (χ4v) is 5.88. The number of carbonyl (C=O) groups excluding carboxylic acids is 1. The summed E-state index contributed by atoms with van der Waals surface area (Å²) in [7, 11) is 0. The van der Waals surface area contributed by atoms with Gasteiger partial charge in [-0.3, -0.25) is 4.79 Å². The lowest BCUT2D eigenvalue weighted by Gasteiger charge is -2.07. The molecule has 0 atom stereocenters. The Labute approximate surface area is 203 Å². The van der Waals surface area contributed by atoms with Gasteiger partial charge in [0.2, 0.25) is 5.91 Å². The van der Waals surface area contributed by atoms with Crippen LogP contribution in [0.15, 0.2) is 71.5 Å². The summed E-state index contributed by atoms with van der Waals surface area (Å²) < 4.78 is 3.18. The Bertz CT molecular complexity index is 1370. The summed E-state index contributed by atoms with van der Waals surface area (Å²) in [6.45, 7) is 2.88. The summed E-state index contributed by atoms with van der Waals surface area (Å²) in [5, 5.41) is 14.9. The fourth-order valence-electron chi connectivity index (χ4n) is 3.37. The highest BCUT2D eigenvalue weighted by atomic mass is 32.2. The SMILES string of the molecule is Cc1ccc2nc(-c3ccc(NC(=O)CSc4nncn4CCc4cccs4)cc3)sc2c1. The number of thiophene rings is 1. The van der Waals surface area contributed by atoms with Crippen LogP contribution in [-0.2, 0) is 17.8 Å². The van der Waals surface area contributed by atoms with Crippen molar-refractivity contribution in [3.8, 4) is 10.6 Å². The van der Waals surface area contributed by atoms with Gasteiger partial charge in [0.05, 0.1) is 16.0 Å². The quantitative estimate of drug-likeness (QED) is 0.274. The Kier molecular flexibility index (Phi) is 6.52. The molecule has 3 aromatic heterocycles. The lowest BCUT2D eigenvalue weighted by atomic mass is 10.2. The Morgan fingerprint density at radius 1 is 1.15 bits per heavy atom. The molecular weight excluding hydrogens is 470 g/mol. The van der Waals surface area contributed by atoms with Crippen molar-refractivity contribution in [1.29, 1.82) is 0 Å². The molecule has 0 aliphatic rings. The monoisotopic (exact) mass is 491 g/mol. The zero-order valence-electron chi connectivity index (χ0n) is 17.9. The summed E-state index contributed by atoms with van der Waals surface area (Å²) in [5.41, 5.74) is 4.05. The van der Waals surface area contributed by atoms with E-state index in [9.17, 15) is 4.79 Å². The van der Waals surface area contributed by atoms with Crippen LogP contribution in [0.4, 0.5) is 5.69 Å². The molecule has 0 fully saturated rings. The minimum absolute atomic E-state index is 0.0731. The van der Waals surface area contributed by atoms with Gasteiger partial charge in [-0.1, -0.05) is 23.9 Å². The lowest BCUT2D eigenvalue weighted by molar-refractivity contribution is -0.113. The Hall–Kier alpha value is -3.01. The van der Waals surface area contributed by atoms with E-state index in [1.807, 2.05) is 28.8 Å². The van der Waals surface area contributed by atoms with Crippen molar-refractivity contribution in [3.05, 3.63) is 76.7 Å². The van der Waals surface area contributed by atoms with Crippen molar-refractivity contribution in [2.75, 3.05) is 11.1 Å². The van der Waals surface area contributed by atoms with E-state index >= 15 is 0 Å². The molecule has 1 N–H and O–H groups in total. The first-order valence-corrected chi connectivity index (χ1v) is 13.1. The van der Waals surface area contributed by atoms with E-state index in [1.54, 1.807) is 29.0 Å². The molecule has 0 aliphatic heterocycles. The van der Waals surface area contributed by atoms with Crippen LogP contribution in [0.1, 0.15) is 10.4 Å². The third-order valence-electron chi connectivity index (χ3n) is 5.05. The highest BCUT2D eigenvalue weighted by molar-refractivity contribution is 7.99. The molecule has 9 heteroatoms. The van der Waals surface area contributed by atoms with E-state index in [1.165, 1.54) is 26.9 Å². The highest BCUT2D eigenvalue weighted by Crippen LogP contribution is 2.31. The normalized spacial score (nSPS) is 11.2. The van der Waals surface area contributed by atoms with Gasteiger partial charge in [-0.05, 0) is 66.8 Å². The van der Waals surface area contributed by atoms with Gasteiger partial charge < -0.3 is 9.88 Å². The molecule has 0 saturated heterocycles. The minimum Gasteiger partial charge on any atom is -0.325 e. The van der Waals surface area contributed by atoms with Gasteiger partial charge >= 0.3 is 0 Å². The molecule has 5 rings (SSSR count). The standard InChI is InChI=1S/C24H21N5OS3/c1-16-4-9-20-21(13-16)33-23(27-20)17-5-7-18(8-6-17)26-22(30)14-32-24-28-25-15-29(24)11-10-19-3-2-12-31-19/h2-9,12-13,15H,10-11,14H2,1H3,(H,26,30). The van der Waals surface area contributed by atoms with Gasteiger partial charge in [-0.15, -0.1) is 32.9 Å². The molecule has 6 nitrogen and oxygen atoms in total. The summed E-state index contributed by atoms with van der Waals surface area (Å²) in [6.07, 6.45) is 2.64. The molecule has 0 radical (unpaired) electrons. The number of thioether (sulfide) groups is 1. The van der Waals surface area contributed by atoms with Crippen molar-refractivity contribution in [3.63, 3.8) is 0 Å². The van der Waals surface area contributed by atoms with E-state index in [-0.39, 0.29) is 11.7 Å². The maximum absolute atomic E-state index is 12.5. The Morgan fingerprint density at radius 2 is 2.03 bits per heavy atom. The van der Waals surface area contributed by atoms with Gasteiger partial charge in [0.25, 0.3) is 0 Å². The number of rotatable bonds is 8. The number of aromatic nitrogens is 4. The molecule has 0 bridgehead atoms. The summed E-state index contributed by atoms with van der Waals surface area (Å²) in [4.78, 5) is 18.5. The van der Waals surface area contributed by atoms with Crippen molar-refractivity contribution < 1.29 is 4.79 Å². The first-order valence-electron chi connectivity index (χ1n) is 10.4. The van der Waals surface area contributed by atoms with E-state index in [0.29, 0.717) is 0 Å². The van der Waals surface area contributed by atoms with Gasteiger partial charge in [-0.25, -0.2) is 4.98 Å². The second kappa shape index (κ2) is 9.86. The first-order chi connectivity index (χ1) is 16.1. The Balaban J connectivity index is 1.16. The maximum atomic E-state index is 12.5. The number of hydrogen-bond acceptors (Lipinski definition) is 7. The summed E-state index contributed by atoms with van der Waals surface area (Å²) in [5.74, 6) is 0.201. The predicted octanol–water partition coefficient (Wildman–Crippen LogP) is 5.90. The minimum atomic E-state index is -0.0731. The zero-order chi connectivity index (χ0) is 22.6. The Morgan fingerprint density at radius 3 is 2.85 bits per heavy atom. The van der Waals surface area contributed by atoms with Gasteiger partial charge in [0.1, 0.15) is 11.3 Å². The van der Waals surface area contributed by atoms with Crippen molar-refractivity contribution >= 4 is 56.2 Å². The number of aryl methyl sites for hydroxylation is 3. The van der Waals surface area contributed by atoms with Crippen LogP contribution in [-0.4, -0.2) is 31.4 Å². The van der Waals surface area contributed by atoms with Gasteiger partial charge in [0.15, 0.2) is 5.16 Å².